The molecule has 5 atom stereocenters. The number of phosphoric acid groups is 2. The van der Waals surface area contributed by atoms with E-state index in [1.165, 1.54) is 154 Å². The molecule has 0 aliphatic rings. The largest absolute Gasteiger partial charge is 0.472 e. The van der Waals surface area contributed by atoms with Crippen LogP contribution in [0.25, 0.3) is 0 Å². The Kier molecular flexibility index (Phi) is 84.7. The number of hydrogen-bond acceptors (Lipinski definition) is 14. The van der Waals surface area contributed by atoms with Crippen molar-refractivity contribution in [3.8, 4) is 0 Å². The Labute approximate surface area is 701 Å². The maximum atomic E-state index is 13.0. The van der Waals surface area contributed by atoms with Gasteiger partial charge in [-0.1, -0.05) is 371 Å². The summed E-state index contributed by atoms with van der Waals surface area (Å²) in [7, 11) is -9.81. The number of carbonyl (C=O) groups is 3. The zero-order valence-corrected chi connectivity index (χ0v) is 74.5. The van der Waals surface area contributed by atoms with Gasteiger partial charge in [0.25, 0.3) is 0 Å². The summed E-state index contributed by atoms with van der Waals surface area (Å²) in [6.45, 7) is 2.45. The molecule has 0 aliphatic carbocycles. The first-order chi connectivity index (χ1) is 56.2. The molecule has 0 rings (SSSR count). The quantitative estimate of drug-likeness (QED) is 0.0146. The van der Waals surface area contributed by atoms with Crippen LogP contribution in [0.1, 0.15) is 380 Å². The van der Waals surface area contributed by atoms with Gasteiger partial charge in [0, 0.05) is 19.3 Å². The molecule has 0 saturated carbocycles. The van der Waals surface area contributed by atoms with Crippen LogP contribution < -0.4 is 0 Å². The molecule has 18 heteroatoms. The van der Waals surface area contributed by atoms with Crippen molar-refractivity contribution in [3.63, 3.8) is 0 Å². The van der Waals surface area contributed by atoms with Crippen LogP contribution >= 0.6 is 15.6 Å². The van der Waals surface area contributed by atoms with Gasteiger partial charge in [-0.3, -0.25) is 32.5 Å². The highest BCUT2D eigenvalue weighted by atomic mass is 31.2. The number of aliphatic hydroxyl groups is 2. The second-order valence-electron chi connectivity index (χ2n) is 30.3. The van der Waals surface area contributed by atoms with Gasteiger partial charge < -0.3 is 34.2 Å². The third-order valence-corrected chi connectivity index (χ3v) is 21.1. The second kappa shape index (κ2) is 88.5. The fraction of sp³-hybridized carbons (Fsp3) is 0.701. The molecule has 660 valence electrons. The van der Waals surface area contributed by atoms with E-state index in [-0.39, 0.29) is 19.3 Å². The maximum absolute atomic E-state index is 13.0. The lowest BCUT2D eigenvalue weighted by Gasteiger charge is -2.21. The Morgan fingerprint density at radius 2 is 0.461 bits per heavy atom. The van der Waals surface area contributed by atoms with Crippen LogP contribution in [0.3, 0.4) is 0 Å². The van der Waals surface area contributed by atoms with Crippen molar-refractivity contribution in [1.29, 1.82) is 0 Å². The lowest BCUT2D eigenvalue weighted by molar-refractivity contribution is -0.161. The predicted octanol–water partition coefficient (Wildman–Crippen LogP) is 28.1. The number of unbranched alkanes of at least 4 members (excludes halogenated alkanes) is 37. The van der Waals surface area contributed by atoms with Crippen LogP contribution in [0.4, 0.5) is 0 Å². The van der Waals surface area contributed by atoms with E-state index in [0.717, 1.165) is 167 Å². The Bertz CT molecular complexity index is 2720. The van der Waals surface area contributed by atoms with E-state index < -0.39 is 91.5 Å². The normalized spacial score (nSPS) is 14.5. The first-order valence-corrected chi connectivity index (χ1v) is 48.8. The SMILES string of the molecule is CC/C=C\C/C=C\C/C=C\C/C=C\C/C=C\CCCCCCCCCCCCCCCCCCCC(=O)OCC(O)COP(=O)(O)OCC(O)COP(=O)(O)OCC(COC(=O)CCCCCCCCCCCCC/C=C\C/C=C\C/C=C\C/C=C\CCCCC)OC(=O)CCCCCCCC/C=C\C/C=C\C/C=C\C/C=C\CC. The van der Waals surface area contributed by atoms with Gasteiger partial charge in [0.15, 0.2) is 6.10 Å². The first-order valence-electron chi connectivity index (χ1n) is 45.8. The molecule has 0 saturated heterocycles. The van der Waals surface area contributed by atoms with E-state index in [9.17, 15) is 43.5 Å². The van der Waals surface area contributed by atoms with Gasteiger partial charge in [0.2, 0.25) is 0 Å². The summed E-state index contributed by atoms with van der Waals surface area (Å²) in [6, 6.07) is 0. The summed E-state index contributed by atoms with van der Waals surface area (Å²) in [5.41, 5.74) is 0. The van der Waals surface area contributed by atoms with Crippen LogP contribution in [-0.2, 0) is 55.8 Å². The third-order valence-electron chi connectivity index (χ3n) is 19.2. The Morgan fingerprint density at radius 1 is 0.252 bits per heavy atom. The molecule has 5 unspecified atom stereocenters. The van der Waals surface area contributed by atoms with Gasteiger partial charge in [-0.25, -0.2) is 9.13 Å². The fourth-order valence-electron chi connectivity index (χ4n) is 12.3. The Hall–Kier alpha value is -4.83. The van der Waals surface area contributed by atoms with Gasteiger partial charge in [-0.2, -0.15) is 0 Å². The minimum Gasteiger partial charge on any atom is -0.463 e. The summed E-state index contributed by atoms with van der Waals surface area (Å²) in [5.74, 6) is -1.59. The number of rotatable bonds is 86. The van der Waals surface area contributed by atoms with Crippen molar-refractivity contribution in [2.75, 3.05) is 39.6 Å². The van der Waals surface area contributed by atoms with Crippen LogP contribution in [0, 0.1) is 0 Å². The Morgan fingerprint density at radius 3 is 0.730 bits per heavy atom. The number of carbonyl (C=O) groups excluding carboxylic acids is 3. The number of esters is 3. The van der Waals surface area contributed by atoms with Crippen molar-refractivity contribution in [1.82, 2.24) is 0 Å². The van der Waals surface area contributed by atoms with E-state index in [0.29, 0.717) is 19.3 Å². The first kappa shape index (κ1) is 110. The van der Waals surface area contributed by atoms with Crippen LogP contribution in [0.2, 0.25) is 0 Å². The van der Waals surface area contributed by atoms with Gasteiger partial charge in [0.1, 0.15) is 25.4 Å². The molecule has 0 aliphatic heterocycles. The summed E-state index contributed by atoms with van der Waals surface area (Å²) >= 11 is 0. The standard InChI is InChI=1S/C97H166O16P2/c1-4-7-10-13-16-19-22-25-28-31-34-36-38-40-42-43-44-45-46-47-49-51-52-54-57-59-62-65-68-71-74-77-80-83-95(100)107-86-92(98)87-109-114(103,104)110-88-93(99)89-111-115(105,106)112-91-94(113-97(102)85-82-79-76-73-70-67-64-61-56-33-30-27-24-21-18-15-12-9-6-3)90-108-96(101)84-81-78-75-72-69-66-63-60-58-55-53-50-48-41-39-37-35-32-29-26-23-20-17-14-11-8-5-2/h7,9-10,12,16-21,25-30,34-37,40-42,48,56,61,92-94,98-99H,4-6,8,11,13-15,22-24,31-33,38-39,43-47,49-55,57-60,62-91H2,1-3H3,(H,103,104)(H,105,106)/b10-7-,12-9-,19-16-,20-17-,21-18-,28-25-,29-26-,30-27-,36-34-,37-35-,42-40-,48-41-,61-56-. The molecule has 0 aromatic rings. The zero-order valence-electron chi connectivity index (χ0n) is 72.7. The van der Waals surface area contributed by atoms with Gasteiger partial charge in [-0.15, -0.1) is 0 Å². The maximum Gasteiger partial charge on any atom is 0.472 e. The van der Waals surface area contributed by atoms with Gasteiger partial charge in [-0.05, 0) is 148 Å². The molecule has 4 N–H and O–H groups in total. The summed E-state index contributed by atoms with van der Waals surface area (Å²) in [4.78, 5) is 59.0. The topological polar surface area (TPSA) is 231 Å². The number of allylic oxidation sites excluding steroid dienone is 26. The molecular weight excluding hydrogens is 1480 g/mol. The minimum absolute atomic E-state index is 0.0847. The molecule has 0 aromatic carbocycles. The van der Waals surface area contributed by atoms with E-state index in [4.69, 9.17) is 32.3 Å². The van der Waals surface area contributed by atoms with Crippen molar-refractivity contribution in [2.45, 2.75) is 399 Å². The van der Waals surface area contributed by atoms with E-state index in [1.807, 2.05) is 0 Å². The fourth-order valence-corrected chi connectivity index (χ4v) is 13.9. The number of aliphatic hydroxyl groups excluding tert-OH is 2. The van der Waals surface area contributed by atoms with E-state index >= 15 is 0 Å². The lowest BCUT2D eigenvalue weighted by atomic mass is 10.0. The van der Waals surface area contributed by atoms with E-state index in [2.05, 4.69) is 179 Å². The summed E-state index contributed by atoms with van der Waals surface area (Å²) < 4.78 is 61.4. The molecule has 0 aromatic heterocycles. The summed E-state index contributed by atoms with van der Waals surface area (Å²) in [5, 5.41) is 20.7. The molecular formula is C97H166O16P2. The van der Waals surface area contributed by atoms with Crippen LogP contribution in [0.15, 0.2) is 158 Å². The predicted molar refractivity (Wildman–Crippen MR) is 482 cm³/mol. The molecule has 0 heterocycles. The van der Waals surface area contributed by atoms with Crippen molar-refractivity contribution >= 4 is 33.6 Å². The van der Waals surface area contributed by atoms with Crippen molar-refractivity contribution in [3.05, 3.63) is 158 Å². The van der Waals surface area contributed by atoms with Crippen molar-refractivity contribution < 1.29 is 75.8 Å². The average Bonchev–Trinajstić information content (AvgIpc) is 0.902. The molecule has 115 heavy (non-hydrogen) atoms. The number of ether oxygens (including phenoxy) is 3. The van der Waals surface area contributed by atoms with Crippen molar-refractivity contribution in [2.24, 2.45) is 0 Å². The number of hydrogen-bond donors (Lipinski definition) is 4. The van der Waals surface area contributed by atoms with Crippen LogP contribution in [0.5, 0.6) is 0 Å². The molecule has 0 spiro atoms. The summed E-state index contributed by atoms with van der Waals surface area (Å²) in [6.07, 6.45) is 113. The molecule has 0 fully saturated rings. The van der Waals surface area contributed by atoms with Gasteiger partial charge >= 0.3 is 33.6 Å². The molecule has 0 radical (unpaired) electrons. The molecule has 16 nitrogen and oxygen atoms in total. The smallest absolute Gasteiger partial charge is 0.463 e. The zero-order chi connectivity index (χ0) is 83.6. The van der Waals surface area contributed by atoms with E-state index in [1.54, 1.807) is 0 Å². The molecule has 0 amide bonds. The average molecular weight is 1650 g/mol. The second-order valence-corrected chi connectivity index (χ2v) is 33.2. The number of phosphoric ester groups is 2. The highest BCUT2D eigenvalue weighted by molar-refractivity contribution is 7.47. The monoisotopic (exact) mass is 1650 g/mol. The Balaban J connectivity index is 4.54. The highest BCUT2D eigenvalue weighted by Crippen LogP contribution is 2.45. The van der Waals surface area contributed by atoms with Crippen LogP contribution in [-0.4, -0.2) is 95.9 Å². The lowest BCUT2D eigenvalue weighted by Crippen LogP contribution is -2.30. The van der Waals surface area contributed by atoms with Gasteiger partial charge in [0.05, 0.1) is 26.4 Å². The highest BCUT2D eigenvalue weighted by Gasteiger charge is 2.29. The minimum atomic E-state index is -4.95. The molecule has 0 bridgehead atoms. The third kappa shape index (κ3) is 89.8.